The maximum atomic E-state index is 12.0. The number of hydrogen-bond donors (Lipinski definition) is 5. The van der Waals surface area contributed by atoms with Crippen LogP contribution < -0.4 is 21.1 Å². The Morgan fingerprint density at radius 1 is 1.59 bits per heavy atom. The summed E-state index contributed by atoms with van der Waals surface area (Å²) in [5.74, 6) is 0.209. The highest BCUT2D eigenvalue weighted by Gasteiger charge is 2.56. The molecule has 0 bridgehead atoms. The number of nitrogen functional groups attached to an aromatic ring is 1. The molecule has 10 heteroatoms. The molecule has 1 fully saturated rings. The van der Waals surface area contributed by atoms with E-state index in [0.29, 0.717) is 5.69 Å². The zero-order chi connectivity index (χ0) is 16.2. The van der Waals surface area contributed by atoms with Crippen LogP contribution in [0.25, 0.3) is 0 Å². The molecular formula is C12H19N5O5. The lowest BCUT2D eigenvalue weighted by Gasteiger charge is -2.33. The Hall–Kier alpha value is -1.88. The first-order valence-electron chi connectivity index (χ1n) is 6.81. The van der Waals surface area contributed by atoms with Crippen LogP contribution in [-0.2, 0) is 4.74 Å². The summed E-state index contributed by atoms with van der Waals surface area (Å²) in [4.78, 5) is 21.7. The number of fused-ring (bicyclic) bond motifs is 1. The van der Waals surface area contributed by atoms with Crippen molar-refractivity contribution in [2.75, 3.05) is 35.9 Å². The van der Waals surface area contributed by atoms with Gasteiger partial charge >= 0.3 is 0 Å². The van der Waals surface area contributed by atoms with Gasteiger partial charge in [0.05, 0.1) is 13.3 Å². The molecular weight excluding hydrogens is 294 g/mol. The van der Waals surface area contributed by atoms with Crippen molar-refractivity contribution >= 4 is 17.5 Å². The number of nitrogens with one attached hydrogen (secondary N) is 1. The minimum Gasteiger partial charge on any atom is -0.394 e. The molecule has 4 atom stereocenters. The summed E-state index contributed by atoms with van der Waals surface area (Å²) >= 11 is 0. The van der Waals surface area contributed by atoms with Crippen molar-refractivity contribution in [3.8, 4) is 0 Å². The lowest BCUT2D eigenvalue weighted by molar-refractivity contribution is -0.0631. The third-order valence-corrected chi connectivity index (χ3v) is 4.13. The van der Waals surface area contributed by atoms with E-state index in [2.05, 4.69) is 9.97 Å². The Morgan fingerprint density at radius 3 is 2.86 bits per heavy atom. The van der Waals surface area contributed by atoms with Crippen LogP contribution in [0.4, 0.5) is 17.5 Å². The topological polar surface area (TPSA) is 148 Å². The number of anilines is 3. The van der Waals surface area contributed by atoms with Crippen molar-refractivity contribution in [1.82, 2.24) is 9.97 Å². The lowest BCUT2D eigenvalue weighted by atomic mass is 9.96. The van der Waals surface area contributed by atoms with E-state index in [1.54, 1.807) is 16.8 Å². The zero-order valence-electron chi connectivity index (χ0n) is 12.2. The largest absolute Gasteiger partial charge is 0.394 e. The number of nitrogens with zero attached hydrogens (tertiary/aromatic N) is 3. The number of rotatable bonds is 2. The number of ether oxygens (including phenoxy) is 1. The van der Waals surface area contributed by atoms with E-state index in [0.717, 1.165) is 0 Å². The number of H-pyrrole nitrogens is 1. The SMILES string of the molecule is CN1CN([C@@H]2O[C@H](CO)[C@@H](O)[C@@]2(C)O)c2nc(N)[nH]c(=O)c21. The van der Waals surface area contributed by atoms with Gasteiger partial charge in [-0.15, -0.1) is 0 Å². The number of aromatic amines is 1. The van der Waals surface area contributed by atoms with Crippen molar-refractivity contribution in [2.24, 2.45) is 0 Å². The molecule has 0 amide bonds. The van der Waals surface area contributed by atoms with Crippen LogP contribution >= 0.6 is 0 Å². The summed E-state index contributed by atoms with van der Waals surface area (Å²) in [6.07, 6.45) is -3.16. The fraction of sp³-hybridized carbons (Fsp3) is 0.667. The van der Waals surface area contributed by atoms with Crippen LogP contribution in [0.15, 0.2) is 4.79 Å². The number of aliphatic hydroxyl groups excluding tert-OH is 2. The van der Waals surface area contributed by atoms with Gasteiger partial charge in [-0.25, -0.2) is 0 Å². The van der Waals surface area contributed by atoms with Crippen LogP contribution in [0.2, 0.25) is 0 Å². The minimum absolute atomic E-state index is 0.0547. The van der Waals surface area contributed by atoms with Crippen LogP contribution in [-0.4, -0.2) is 69.6 Å². The summed E-state index contributed by atoms with van der Waals surface area (Å²) in [5, 5.41) is 29.9. The molecule has 3 rings (SSSR count). The molecule has 0 spiro atoms. The Balaban J connectivity index is 2.04. The molecule has 0 aromatic carbocycles. The van der Waals surface area contributed by atoms with Crippen molar-refractivity contribution in [1.29, 1.82) is 0 Å². The van der Waals surface area contributed by atoms with Crippen molar-refractivity contribution in [3.63, 3.8) is 0 Å². The van der Waals surface area contributed by atoms with Crippen LogP contribution in [0.1, 0.15) is 6.92 Å². The third kappa shape index (κ3) is 1.96. The molecule has 0 aliphatic carbocycles. The smallest absolute Gasteiger partial charge is 0.278 e. The third-order valence-electron chi connectivity index (χ3n) is 4.13. The fourth-order valence-electron chi connectivity index (χ4n) is 3.00. The summed E-state index contributed by atoms with van der Waals surface area (Å²) in [6, 6.07) is 0. The molecule has 1 aromatic rings. The van der Waals surface area contributed by atoms with Crippen LogP contribution in [0, 0.1) is 0 Å². The average molecular weight is 313 g/mol. The number of hydrogen-bond acceptors (Lipinski definition) is 9. The van der Waals surface area contributed by atoms with Gasteiger partial charge in [-0.3, -0.25) is 9.78 Å². The standard InChI is InChI=1S/C12H19N5O5/c1-12(21)7(19)5(3-18)22-10(12)17-4-16(2)6-8(17)14-11(13)15-9(6)20/h5,7,10,18-19,21H,3-4H2,1-2H3,(H3,13,14,15,20)/t5-,7-,10-,12-/m1/s1. The molecule has 0 unspecified atom stereocenters. The first-order chi connectivity index (χ1) is 10.3. The predicted octanol–water partition coefficient (Wildman–Crippen LogP) is -2.61. The van der Waals surface area contributed by atoms with Crippen molar-refractivity contribution < 1.29 is 20.1 Å². The summed E-state index contributed by atoms with van der Waals surface area (Å²) in [6.45, 7) is 1.20. The lowest BCUT2D eigenvalue weighted by Crippen LogP contribution is -2.54. The number of aromatic nitrogens is 2. The van der Waals surface area contributed by atoms with Gasteiger partial charge in [0.2, 0.25) is 5.95 Å². The first kappa shape index (κ1) is 15.0. The van der Waals surface area contributed by atoms with Crippen molar-refractivity contribution in [3.05, 3.63) is 10.4 Å². The van der Waals surface area contributed by atoms with Gasteiger partial charge in [0, 0.05) is 7.05 Å². The van der Waals surface area contributed by atoms with E-state index in [1.807, 2.05) is 0 Å². The number of aliphatic hydroxyl groups is 3. The van der Waals surface area contributed by atoms with E-state index in [4.69, 9.17) is 10.5 Å². The first-order valence-corrected chi connectivity index (χ1v) is 6.81. The molecule has 1 aromatic heterocycles. The van der Waals surface area contributed by atoms with E-state index >= 15 is 0 Å². The van der Waals surface area contributed by atoms with E-state index < -0.39 is 36.2 Å². The second kappa shape index (κ2) is 4.81. The van der Waals surface area contributed by atoms with Gasteiger partial charge in [0.1, 0.15) is 23.5 Å². The average Bonchev–Trinajstić information content (AvgIpc) is 2.86. The van der Waals surface area contributed by atoms with Gasteiger partial charge in [-0.1, -0.05) is 0 Å². The maximum absolute atomic E-state index is 12.0. The minimum atomic E-state index is -1.64. The van der Waals surface area contributed by atoms with E-state index in [1.165, 1.54) is 6.92 Å². The quantitative estimate of drug-likeness (QED) is 0.396. The predicted molar refractivity (Wildman–Crippen MR) is 77.4 cm³/mol. The molecule has 0 saturated carbocycles. The highest BCUT2D eigenvalue weighted by molar-refractivity contribution is 5.72. The van der Waals surface area contributed by atoms with Crippen molar-refractivity contribution in [2.45, 2.75) is 31.0 Å². The second-order valence-corrected chi connectivity index (χ2v) is 5.81. The van der Waals surface area contributed by atoms with Crippen LogP contribution in [0.5, 0.6) is 0 Å². The van der Waals surface area contributed by atoms with E-state index in [9.17, 15) is 20.1 Å². The monoisotopic (exact) mass is 313 g/mol. The molecule has 10 nitrogen and oxygen atoms in total. The molecule has 6 N–H and O–H groups in total. The van der Waals surface area contributed by atoms with Crippen LogP contribution in [0.3, 0.4) is 0 Å². The summed E-state index contributed by atoms with van der Waals surface area (Å²) in [7, 11) is 1.69. The molecule has 2 aliphatic heterocycles. The molecule has 1 saturated heterocycles. The summed E-state index contributed by atoms with van der Waals surface area (Å²) in [5.41, 5.74) is 3.84. The molecule has 122 valence electrons. The Kier molecular flexibility index (Phi) is 3.29. The highest BCUT2D eigenvalue weighted by atomic mass is 16.6. The molecule has 22 heavy (non-hydrogen) atoms. The van der Waals surface area contributed by atoms with Gasteiger partial charge < -0.3 is 35.6 Å². The summed E-state index contributed by atoms with van der Waals surface area (Å²) < 4.78 is 5.56. The van der Waals surface area contributed by atoms with Gasteiger partial charge in [-0.05, 0) is 6.92 Å². The van der Waals surface area contributed by atoms with E-state index in [-0.39, 0.29) is 18.4 Å². The molecule has 3 heterocycles. The molecule has 2 aliphatic rings. The zero-order valence-corrected chi connectivity index (χ0v) is 12.2. The molecule has 0 radical (unpaired) electrons. The maximum Gasteiger partial charge on any atom is 0.278 e. The highest BCUT2D eigenvalue weighted by Crippen LogP contribution is 2.39. The fourth-order valence-corrected chi connectivity index (χ4v) is 3.00. The Morgan fingerprint density at radius 2 is 2.27 bits per heavy atom. The second-order valence-electron chi connectivity index (χ2n) is 5.81. The van der Waals surface area contributed by atoms with Gasteiger partial charge in [0.25, 0.3) is 5.56 Å². The number of nitrogens with two attached hydrogens (primary N) is 1. The Labute approximate surface area is 125 Å². The van der Waals surface area contributed by atoms with Gasteiger partial charge in [0.15, 0.2) is 12.0 Å². The normalized spacial score (nSPS) is 34.3. The Bertz CT molecular complexity index is 647. The van der Waals surface area contributed by atoms with Gasteiger partial charge in [-0.2, -0.15) is 4.98 Å².